The van der Waals surface area contributed by atoms with Gasteiger partial charge in [-0.05, 0) is 18.2 Å². The van der Waals surface area contributed by atoms with E-state index in [0.717, 1.165) is 11.0 Å². The molecule has 0 aliphatic rings. The van der Waals surface area contributed by atoms with E-state index < -0.39 is 0 Å². The zero-order valence-electron chi connectivity index (χ0n) is 8.90. The van der Waals surface area contributed by atoms with Gasteiger partial charge in [0.2, 0.25) is 0 Å². The molecule has 16 heavy (non-hydrogen) atoms. The van der Waals surface area contributed by atoms with Gasteiger partial charge in [-0.1, -0.05) is 22.0 Å². The first-order valence-electron chi connectivity index (χ1n) is 5.25. The Balaban J connectivity index is 2.10. The molecule has 0 spiro atoms. The minimum absolute atomic E-state index is 0.0813. The predicted molar refractivity (Wildman–Crippen MR) is 67.5 cm³/mol. The van der Waals surface area contributed by atoms with Gasteiger partial charge in [0.1, 0.15) is 0 Å². The van der Waals surface area contributed by atoms with Crippen LogP contribution in [0.1, 0.15) is 0 Å². The van der Waals surface area contributed by atoms with E-state index in [2.05, 4.69) is 38.8 Å². The summed E-state index contributed by atoms with van der Waals surface area (Å²) in [7, 11) is 0. The number of halogens is 1. The van der Waals surface area contributed by atoms with Crippen LogP contribution in [0.2, 0.25) is 0 Å². The van der Waals surface area contributed by atoms with Crippen molar-refractivity contribution in [1.82, 2.24) is 4.57 Å². The number of aromatic nitrogens is 1. The van der Waals surface area contributed by atoms with Gasteiger partial charge in [-0.25, -0.2) is 0 Å². The van der Waals surface area contributed by atoms with Gasteiger partial charge >= 0.3 is 0 Å². The van der Waals surface area contributed by atoms with Crippen molar-refractivity contribution in [2.45, 2.75) is 6.54 Å². The van der Waals surface area contributed by atoms with E-state index in [1.807, 2.05) is 12.1 Å². The maximum atomic E-state index is 8.59. The van der Waals surface area contributed by atoms with E-state index in [9.17, 15) is 0 Å². The summed E-state index contributed by atoms with van der Waals surface area (Å²) in [6, 6.07) is 8.24. The van der Waals surface area contributed by atoms with E-state index in [-0.39, 0.29) is 6.61 Å². The largest absolute Gasteiger partial charge is 0.394 e. The molecule has 1 N–H and O–H groups in total. The van der Waals surface area contributed by atoms with Crippen LogP contribution in [-0.2, 0) is 11.3 Å². The first-order valence-corrected chi connectivity index (χ1v) is 6.04. The lowest BCUT2D eigenvalue weighted by Gasteiger charge is -2.06. The molecular weight excluding hydrogens is 270 g/mol. The molecule has 4 heteroatoms. The van der Waals surface area contributed by atoms with Gasteiger partial charge in [-0.3, -0.25) is 0 Å². The minimum atomic E-state index is 0.0813. The van der Waals surface area contributed by atoms with Gasteiger partial charge in [-0.15, -0.1) is 0 Å². The van der Waals surface area contributed by atoms with Crippen molar-refractivity contribution in [1.29, 1.82) is 0 Å². The van der Waals surface area contributed by atoms with Gasteiger partial charge in [0.05, 0.1) is 19.8 Å². The quantitative estimate of drug-likeness (QED) is 0.856. The summed E-state index contributed by atoms with van der Waals surface area (Å²) in [4.78, 5) is 0. The third-order valence-corrected chi connectivity index (χ3v) is 3.16. The number of ether oxygens (including phenoxy) is 1. The predicted octanol–water partition coefficient (Wildman–Crippen LogP) is 2.41. The second-order valence-electron chi connectivity index (χ2n) is 3.52. The summed E-state index contributed by atoms with van der Waals surface area (Å²) in [6.45, 7) is 1.91. The smallest absolute Gasteiger partial charge is 0.0698 e. The molecule has 1 aromatic heterocycles. The number of hydrogen-bond donors (Lipinski definition) is 1. The van der Waals surface area contributed by atoms with Crippen LogP contribution in [-0.4, -0.2) is 29.5 Å². The van der Waals surface area contributed by atoms with E-state index in [1.165, 1.54) is 10.9 Å². The average Bonchev–Trinajstić information content (AvgIpc) is 2.70. The van der Waals surface area contributed by atoms with Crippen LogP contribution < -0.4 is 0 Å². The molecule has 86 valence electrons. The number of nitrogens with zero attached hydrogens (tertiary/aromatic N) is 1. The molecule has 0 saturated carbocycles. The highest BCUT2D eigenvalue weighted by atomic mass is 79.9. The van der Waals surface area contributed by atoms with Gasteiger partial charge in [0.25, 0.3) is 0 Å². The Hall–Kier alpha value is -0.840. The normalized spacial score (nSPS) is 11.1. The SMILES string of the molecule is OCCOCCn1ccc2c(Br)cccc21. The summed E-state index contributed by atoms with van der Waals surface area (Å²) < 4.78 is 8.51. The molecule has 1 aromatic carbocycles. The molecule has 0 radical (unpaired) electrons. The Morgan fingerprint density at radius 3 is 2.94 bits per heavy atom. The van der Waals surface area contributed by atoms with Gasteiger partial charge in [-0.2, -0.15) is 0 Å². The first kappa shape index (κ1) is 11.6. The molecule has 0 unspecified atom stereocenters. The number of fused-ring (bicyclic) bond motifs is 1. The summed E-state index contributed by atoms with van der Waals surface area (Å²) >= 11 is 3.53. The topological polar surface area (TPSA) is 34.4 Å². The van der Waals surface area contributed by atoms with E-state index in [0.29, 0.717) is 13.2 Å². The summed E-state index contributed by atoms with van der Waals surface area (Å²) in [5, 5.41) is 9.81. The fourth-order valence-corrected chi connectivity index (χ4v) is 2.20. The van der Waals surface area contributed by atoms with Crippen molar-refractivity contribution in [3.63, 3.8) is 0 Å². The van der Waals surface area contributed by atoms with Crippen molar-refractivity contribution < 1.29 is 9.84 Å². The lowest BCUT2D eigenvalue weighted by atomic mass is 10.2. The molecule has 3 nitrogen and oxygen atoms in total. The Bertz CT molecular complexity index is 467. The average molecular weight is 284 g/mol. The van der Waals surface area contributed by atoms with Crippen molar-refractivity contribution >= 4 is 26.8 Å². The second kappa shape index (κ2) is 5.48. The molecule has 0 atom stereocenters. The van der Waals surface area contributed by atoms with E-state index in [4.69, 9.17) is 9.84 Å². The number of aliphatic hydroxyl groups is 1. The second-order valence-corrected chi connectivity index (χ2v) is 4.37. The zero-order valence-corrected chi connectivity index (χ0v) is 10.5. The lowest BCUT2D eigenvalue weighted by molar-refractivity contribution is 0.0875. The van der Waals surface area contributed by atoms with Crippen LogP contribution in [0.3, 0.4) is 0 Å². The maximum absolute atomic E-state index is 8.59. The fraction of sp³-hybridized carbons (Fsp3) is 0.333. The number of aliphatic hydroxyl groups excluding tert-OH is 1. The molecule has 2 rings (SSSR count). The van der Waals surface area contributed by atoms with E-state index in [1.54, 1.807) is 0 Å². The molecule has 0 amide bonds. The number of rotatable bonds is 5. The molecule has 2 aromatic rings. The van der Waals surface area contributed by atoms with Crippen LogP contribution in [0.4, 0.5) is 0 Å². The highest BCUT2D eigenvalue weighted by molar-refractivity contribution is 9.10. The van der Waals surface area contributed by atoms with Gasteiger partial charge in [0, 0.05) is 28.1 Å². The summed E-state index contributed by atoms with van der Waals surface area (Å²) in [6.07, 6.45) is 2.05. The Labute approximate surface area is 103 Å². The standard InChI is InChI=1S/C12H14BrNO2/c13-11-2-1-3-12-10(11)4-5-14(12)6-8-16-9-7-15/h1-5,15H,6-9H2. The van der Waals surface area contributed by atoms with Crippen molar-refractivity contribution in [3.05, 3.63) is 34.9 Å². The number of benzene rings is 1. The zero-order chi connectivity index (χ0) is 11.4. The molecule has 0 aliphatic carbocycles. The fourth-order valence-electron chi connectivity index (χ4n) is 1.71. The minimum Gasteiger partial charge on any atom is -0.394 e. The molecule has 0 bridgehead atoms. The number of hydrogen-bond acceptors (Lipinski definition) is 2. The molecule has 1 heterocycles. The Morgan fingerprint density at radius 2 is 2.12 bits per heavy atom. The van der Waals surface area contributed by atoms with Crippen LogP contribution in [0.5, 0.6) is 0 Å². The molecular formula is C12H14BrNO2. The van der Waals surface area contributed by atoms with E-state index >= 15 is 0 Å². The van der Waals surface area contributed by atoms with Crippen LogP contribution in [0, 0.1) is 0 Å². The third kappa shape index (κ3) is 2.45. The Morgan fingerprint density at radius 1 is 1.25 bits per heavy atom. The Kier molecular flexibility index (Phi) is 3.98. The first-order chi connectivity index (χ1) is 7.83. The van der Waals surface area contributed by atoms with Crippen LogP contribution >= 0.6 is 15.9 Å². The van der Waals surface area contributed by atoms with Gasteiger partial charge in [0.15, 0.2) is 0 Å². The highest BCUT2D eigenvalue weighted by Crippen LogP contribution is 2.24. The van der Waals surface area contributed by atoms with Crippen molar-refractivity contribution in [3.8, 4) is 0 Å². The molecule has 0 fully saturated rings. The lowest BCUT2D eigenvalue weighted by Crippen LogP contribution is -2.07. The van der Waals surface area contributed by atoms with Crippen molar-refractivity contribution in [2.24, 2.45) is 0 Å². The van der Waals surface area contributed by atoms with Crippen LogP contribution in [0.25, 0.3) is 10.9 Å². The van der Waals surface area contributed by atoms with Crippen LogP contribution in [0.15, 0.2) is 34.9 Å². The molecule has 0 aliphatic heterocycles. The highest BCUT2D eigenvalue weighted by Gasteiger charge is 2.02. The van der Waals surface area contributed by atoms with Crippen molar-refractivity contribution in [2.75, 3.05) is 19.8 Å². The summed E-state index contributed by atoms with van der Waals surface area (Å²) in [5.41, 5.74) is 1.20. The monoisotopic (exact) mass is 283 g/mol. The molecule has 0 saturated heterocycles. The summed E-state index contributed by atoms with van der Waals surface area (Å²) in [5.74, 6) is 0. The third-order valence-electron chi connectivity index (χ3n) is 2.47. The maximum Gasteiger partial charge on any atom is 0.0698 e. The van der Waals surface area contributed by atoms with Gasteiger partial charge < -0.3 is 14.4 Å².